The molecule has 0 aromatic carbocycles. The Bertz CT molecular complexity index is 570. The van der Waals surface area contributed by atoms with Crippen molar-refractivity contribution in [1.29, 1.82) is 0 Å². The summed E-state index contributed by atoms with van der Waals surface area (Å²) in [6.45, 7) is 1.71. The lowest BCUT2D eigenvalue weighted by Gasteiger charge is -2.03. The molecule has 2 N–H and O–H groups in total. The summed E-state index contributed by atoms with van der Waals surface area (Å²) in [5.41, 5.74) is 0.546. The van der Waals surface area contributed by atoms with Gasteiger partial charge < -0.3 is 10.4 Å². The molecule has 0 saturated heterocycles. The van der Waals surface area contributed by atoms with Gasteiger partial charge in [-0.3, -0.25) is 0 Å². The predicted octanol–water partition coefficient (Wildman–Crippen LogP) is 2.94. The maximum absolute atomic E-state index is 10.8. The van der Waals surface area contributed by atoms with E-state index in [-0.39, 0.29) is 11.6 Å². The number of nitrogens with one attached hydrogen (secondary N) is 1. The van der Waals surface area contributed by atoms with Crippen molar-refractivity contribution in [2.45, 2.75) is 6.92 Å². The first-order valence-corrected chi connectivity index (χ1v) is 5.85. The lowest BCUT2D eigenvalue weighted by Crippen LogP contribution is -2.05. The molecular formula is C10H8ClN3O2S. The Balaban J connectivity index is 2.29. The number of carboxylic acid groups (broad SMARTS) is 1. The smallest absolute Gasteiger partial charge is 0.354 e. The van der Waals surface area contributed by atoms with Crippen molar-refractivity contribution in [2.24, 2.45) is 0 Å². The number of hydrogen-bond donors (Lipinski definition) is 2. The topological polar surface area (TPSA) is 75.1 Å². The van der Waals surface area contributed by atoms with Crippen LogP contribution in [0.2, 0.25) is 4.34 Å². The lowest BCUT2D eigenvalue weighted by molar-refractivity contribution is 0.0690. The van der Waals surface area contributed by atoms with Gasteiger partial charge in [-0.15, -0.1) is 11.3 Å². The number of carbonyl (C=O) groups is 1. The highest BCUT2D eigenvalue weighted by atomic mass is 35.5. The van der Waals surface area contributed by atoms with Gasteiger partial charge in [0.1, 0.15) is 0 Å². The van der Waals surface area contributed by atoms with Crippen LogP contribution in [-0.4, -0.2) is 21.0 Å². The standard InChI is InChI=1S/C10H8ClN3O2S/c1-5-4-6(9(15)16)13-10(12-5)14-8-3-2-7(11)17-8/h2-4H,1H3,(H,15,16)(H,12,13,14). The number of hydrogen-bond acceptors (Lipinski definition) is 5. The Labute approximate surface area is 106 Å². The number of aromatic carboxylic acids is 1. The summed E-state index contributed by atoms with van der Waals surface area (Å²) in [5, 5.41) is 12.5. The molecule has 0 aliphatic carbocycles. The zero-order chi connectivity index (χ0) is 12.4. The van der Waals surface area contributed by atoms with Crippen LogP contribution >= 0.6 is 22.9 Å². The Morgan fingerprint density at radius 1 is 1.47 bits per heavy atom. The number of aryl methyl sites for hydroxylation is 1. The van der Waals surface area contributed by atoms with Crippen LogP contribution in [0.25, 0.3) is 0 Å². The molecule has 88 valence electrons. The summed E-state index contributed by atoms with van der Waals surface area (Å²) >= 11 is 7.11. The quantitative estimate of drug-likeness (QED) is 0.896. The molecule has 0 amide bonds. The van der Waals surface area contributed by atoms with Gasteiger partial charge in [0.25, 0.3) is 0 Å². The van der Waals surface area contributed by atoms with Crippen molar-refractivity contribution < 1.29 is 9.90 Å². The fourth-order valence-corrected chi connectivity index (χ4v) is 2.16. The molecule has 2 rings (SSSR count). The highest BCUT2D eigenvalue weighted by Crippen LogP contribution is 2.27. The number of thiophene rings is 1. The van der Waals surface area contributed by atoms with Crippen LogP contribution in [-0.2, 0) is 0 Å². The molecule has 0 aliphatic heterocycles. The van der Waals surface area contributed by atoms with Crippen LogP contribution in [0, 0.1) is 6.92 Å². The van der Waals surface area contributed by atoms with Crippen molar-refractivity contribution in [3.8, 4) is 0 Å². The molecule has 2 heterocycles. The van der Waals surface area contributed by atoms with Gasteiger partial charge in [-0.25, -0.2) is 14.8 Å². The van der Waals surface area contributed by atoms with Crippen LogP contribution in [0.5, 0.6) is 0 Å². The Morgan fingerprint density at radius 2 is 2.24 bits per heavy atom. The van der Waals surface area contributed by atoms with Crippen molar-refractivity contribution in [3.63, 3.8) is 0 Å². The number of halogens is 1. The highest BCUT2D eigenvalue weighted by molar-refractivity contribution is 7.19. The van der Waals surface area contributed by atoms with Crippen LogP contribution in [0.3, 0.4) is 0 Å². The molecule has 0 unspecified atom stereocenters. The first-order chi connectivity index (χ1) is 8.04. The van der Waals surface area contributed by atoms with E-state index in [4.69, 9.17) is 16.7 Å². The largest absolute Gasteiger partial charge is 0.477 e. The molecule has 0 fully saturated rings. The van der Waals surface area contributed by atoms with E-state index < -0.39 is 5.97 Å². The number of nitrogens with zero attached hydrogens (tertiary/aromatic N) is 2. The summed E-state index contributed by atoms with van der Waals surface area (Å²) in [7, 11) is 0. The van der Waals surface area contributed by atoms with Crippen LogP contribution < -0.4 is 5.32 Å². The second kappa shape index (κ2) is 4.68. The van der Waals surface area contributed by atoms with E-state index in [9.17, 15) is 4.79 Å². The molecule has 0 atom stereocenters. The van der Waals surface area contributed by atoms with Crippen LogP contribution in [0.15, 0.2) is 18.2 Å². The van der Waals surface area contributed by atoms with Gasteiger partial charge >= 0.3 is 5.97 Å². The molecule has 2 aromatic heterocycles. The molecule has 0 radical (unpaired) electrons. The first kappa shape index (κ1) is 11.8. The highest BCUT2D eigenvalue weighted by Gasteiger charge is 2.09. The zero-order valence-electron chi connectivity index (χ0n) is 8.77. The Kier molecular flexibility index (Phi) is 3.26. The molecule has 5 nitrogen and oxygen atoms in total. The molecule has 0 spiro atoms. The molecule has 7 heteroatoms. The second-order valence-corrected chi connectivity index (χ2v) is 4.97. The number of carboxylic acids is 1. The van der Waals surface area contributed by atoms with Gasteiger partial charge in [0.2, 0.25) is 5.95 Å². The van der Waals surface area contributed by atoms with E-state index in [1.807, 2.05) is 0 Å². The van der Waals surface area contributed by atoms with E-state index in [0.717, 1.165) is 5.00 Å². The van der Waals surface area contributed by atoms with Gasteiger partial charge in [-0.1, -0.05) is 11.6 Å². The first-order valence-electron chi connectivity index (χ1n) is 4.66. The summed E-state index contributed by atoms with van der Waals surface area (Å²) in [6, 6.07) is 4.93. The molecule has 0 bridgehead atoms. The van der Waals surface area contributed by atoms with Crippen molar-refractivity contribution in [2.75, 3.05) is 5.32 Å². The minimum Gasteiger partial charge on any atom is -0.477 e. The number of rotatable bonds is 3. The normalized spacial score (nSPS) is 10.2. The monoisotopic (exact) mass is 269 g/mol. The van der Waals surface area contributed by atoms with E-state index in [2.05, 4.69) is 15.3 Å². The van der Waals surface area contributed by atoms with E-state index in [1.165, 1.54) is 17.4 Å². The third kappa shape index (κ3) is 2.92. The molecule has 0 saturated carbocycles. The van der Waals surface area contributed by atoms with Crippen LogP contribution in [0.4, 0.5) is 10.9 Å². The third-order valence-electron chi connectivity index (χ3n) is 1.88. The average molecular weight is 270 g/mol. The lowest BCUT2D eigenvalue weighted by atomic mass is 10.3. The van der Waals surface area contributed by atoms with Crippen LogP contribution in [0.1, 0.15) is 16.2 Å². The van der Waals surface area contributed by atoms with Crippen molar-refractivity contribution in [3.05, 3.63) is 33.9 Å². The fourth-order valence-electron chi connectivity index (χ4n) is 1.23. The third-order valence-corrected chi connectivity index (χ3v) is 3.03. The molecular weight excluding hydrogens is 262 g/mol. The number of aromatic nitrogens is 2. The molecule has 2 aromatic rings. The average Bonchev–Trinajstić information content (AvgIpc) is 2.63. The van der Waals surface area contributed by atoms with E-state index in [0.29, 0.717) is 10.0 Å². The maximum atomic E-state index is 10.8. The maximum Gasteiger partial charge on any atom is 0.354 e. The predicted molar refractivity (Wildman–Crippen MR) is 66.3 cm³/mol. The SMILES string of the molecule is Cc1cc(C(=O)O)nc(Nc2ccc(Cl)s2)n1. The van der Waals surface area contributed by atoms with Gasteiger partial charge in [-0.05, 0) is 25.1 Å². The summed E-state index contributed by atoms with van der Waals surface area (Å²) < 4.78 is 0.638. The minimum atomic E-state index is -1.08. The summed E-state index contributed by atoms with van der Waals surface area (Å²) in [4.78, 5) is 18.8. The van der Waals surface area contributed by atoms with E-state index >= 15 is 0 Å². The zero-order valence-corrected chi connectivity index (χ0v) is 10.3. The van der Waals surface area contributed by atoms with Gasteiger partial charge in [-0.2, -0.15) is 0 Å². The Morgan fingerprint density at radius 3 is 2.82 bits per heavy atom. The van der Waals surface area contributed by atoms with E-state index in [1.54, 1.807) is 19.1 Å². The van der Waals surface area contributed by atoms with Crippen molar-refractivity contribution >= 4 is 39.9 Å². The summed E-state index contributed by atoms with van der Waals surface area (Å²) in [5.74, 6) is -0.830. The molecule has 17 heavy (non-hydrogen) atoms. The van der Waals surface area contributed by atoms with Gasteiger partial charge in [0.05, 0.1) is 9.34 Å². The number of anilines is 2. The fraction of sp³-hybridized carbons (Fsp3) is 0.100. The second-order valence-electron chi connectivity index (χ2n) is 3.25. The van der Waals surface area contributed by atoms with Gasteiger partial charge in [0.15, 0.2) is 5.69 Å². The Hall–Kier alpha value is -1.66. The molecule has 0 aliphatic rings. The van der Waals surface area contributed by atoms with Gasteiger partial charge in [0, 0.05) is 5.69 Å². The van der Waals surface area contributed by atoms with Crippen molar-refractivity contribution in [1.82, 2.24) is 9.97 Å². The summed E-state index contributed by atoms with van der Waals surface area (Å²) in [6.07, 6.45) is 0. The minimum absolute atomic E-state index is 0.0392.